The van der Waals surface area contributed by atoms with Gasteiger partial charge in [-0.15, -0.1) is 5.10 Å². The summed E-state index contributed by atoms with van der Waals surface area (Å²) in [6, 6.07) is 17.2. The lowest BCUT2D eigenvalue weighted by atomic mass is 9.93. The average molecular weight is 600 g/mol. The lowest BCUT2D eigenvalue weighted by Gasteiger charge is -2.23. The van der Waals surface area contributed by atoms with Crippen LogP contribution >= 0.6 is 0 Å². The van der Waals surface area contributed by atoms with Crippen LogP contribution in [0.15, 0.2) is 84.2 Å². The third kappa shape index (κ3) is 5.75. The molecule has 1 amide bonds. The number of anilines is 1. The number of amides is 1. The van der Waals surface area contributed by atoms with Crippen LogP contribution in [0.4, 0.5) is 18.9 Å². The second kappa shape index (κ2) is 11.5. The normalized spacial score (nSPS) is 17.2. The monoisotopic (exact) mass is 599 g/mol. The van der Waals surface area contributed by atoms with Crippen LogP contribution in [0.25, 0.3) is 28.2 Å². The van der Waals surface area contributed by atoms with Crippen molar-refractivity contribution in [3.63, 3.8) is 0 Å². The van der Waals surface area contributed by atoms with Gasteiger partial charge in [0.05, 0.1) is 41.3 Å². The number of alkyl halides is 3. The first-order valence-corrected chi connectivity index (χ1v) is 14.1. The van der Waals surface area contributed by atoms with E-state index in [-0.39, 0.29) is 29.1 Å². The van der Waals surface area contributed by atoms with Crippen molar-refractivity contribution < 1.29 is 18.0 Å². The minimum atomic E-state index is -4.64. The van der Waals surface area contributed by atoms with Gasteiger partial charge in [-0.3, -0.25) is 19.1 Å². The largest absolute Gasteiger partial charge is 0.436 e. The number of hydrogen-bond donors (Lipinski definition) is 1. The minimum absolute atomic E-state index is 0.0940. The second-order valence-corrected chi connectivity index (χ2v) is 11.0. The number of para-hydroxylation sites is 1. The molecule has 5 aromatic rings. The molecular weight excluding hydrogens is 571 g/mol. The predicted molar refractivity (Wildman–Crippen MR) is 158 cm³/mol. The van der Waals surface area contributed by atoms with Crippen molar-refractivity contribution in [2.45, 2.75) is 45.3 Å². The molecule has 2 aromatic carbocycles. The highest BCUT2D eigenvalue weighted by atomic mass is 19.4. The number of nitrogens with zero attached hydrogens (tertiary/aromatic N) is 6. The lowest BCUT2D eigenvalue weighted by Crippen LogP contribution is -2.26. The SMILES string of the molecule is Cc1cnc2c(c1)NC(=O)[C@H](C)CCC[C@H](n1cnc(-c3ccccc3-n3cc(C(F)(F)F)nn3)cc1=O)c1cccc-2c1. The molecule has 1 aliphatic heterocycles. The van der Waals surface area contributed by atoms with Crippen molar-refractivity contribution >= 4 is 11.6 Å². The second-order valence-electron chi connectivity index (χ2n) is 11.0. The van der Waals surface area contributed by atoms with Gasteiger partial charge in [-0.05, 0) is 49.1 Å². The summed E-state index contributed by atoms with van der Waals surface area (Å²) in [5.74, 6) is -0.353. The van der Waals surface area contributed by atoms with Crippen molar-refractivity contribution in [2.75, 3.05) is 5.32 Å². The number of carbonyl (C=O) groups excluding carboxylic acids is 1. The van der Waals surface area contributed by atoms with Gasteiger partial charge in [0.15, 0.2) is 5.69 Å². The molecule has 12 heteroatoms. The summed E-state index contributed by atoms with van der Waals surface area (Å²) >= 11 is 0. The van der Waals surface area contributed by atoms with Crippen molar-refractivity contribution in [1.29, 1.82) is 0 Å². The highest BCUT2D eigenvalue weighted by Crippen LogP contribution is 2.34. The number of nitrogens with one attached hydrogen (secondary N) is 1. The number of rotatable bonds is 3. The smallest absolute Gasteiger partial charge is 0.324 e. The summed E-state index contributed by atoms with van der Waals surface area (Å²) in [6.45, 7) is 3.80. The molecule has 3 aromatic heterocycles. The molecule has 0 aliphatic carbocycles. The standard InChI is InChI=1S/C32H28F3N7O2/c1-19-13-25-30(36-16-19)22-9-6-8-21(14-22)26(12-5-7-20(2)31(44)38-25)41-18-37-24(15-29(41)43)23-10-3-4-11-27(23)42-17-28(39-40-42)32(33,34)35/h3-4,6,8-11,13-18,20,26H,5,7,12H2,1-2H3,(H,38,44)/t20-,26+/m1/s1. The summed E-state index contributed by atoms with van der Waals surface area (Å²) in [5.41, 5.74) is 3.42. The predicted octanol–water partition coefficient (Wildman–Crippen LogP) is 6.23. The van der Waals surface area contributed by atoms with Gasteiger partial charge in [-0.25, -0.2) is 9.67 Å². The van der Waals surface area contributed by atoms with Gasteiger partial charge < -0.3 is 5.32 Å². The van der Waals surface area contributed by atoms with Gasteiger partial charge in [0.1, 0.15) is 0 Å². The maximum absolute atomic E-state index is 13.7. The average Bonchev–Trinajstić information content (AvgIpc) is 3.51. The van der Waals surface area contributed by atoms with E-state index in [1.54, 1.807) is 35.0 Å². The third-order valence-electron chi connectivity index (χ3n) is 7.77. The van der Waals surface area contributed by atoms with E-state index in [1.165, 1.54) is 12.4 Å². The summed E-state index contributed by atoms with van der Waals surface area (Å²) < 4.78 is 42.1. The Morgan fingerprint density at radius 1 is 0.977 bits per heavy atom. The summed E-state index contributed by atoms with van der Waals surface area (Å²) in [6.07, 6.45) is 1.23. The Morgan fingerprint density at radius 3 is 2.57 bits per heavy atom. The zero-order valence-corrected chi connectivity index (χ0v) is 23.9. The van der Waals surface area contributed by atoms with Gasteiger partial charge >= 0.3 is 6.18 Å². The molecule has 6 rings (SSSR count). The molecule has 0 saturated carbocycles. The van der Waals surface area contributed by atoms with Crippen molar-refractivity contribution in [1.82, 2.24) is 29.5 Å². The highest BCUT2D eigenvalue weighted by molar-refractivity contribution is 5.96. The first-order valence-electron chi connectivity index (χ1n) is 14.1. The van der Waals surface area contributed by atoms with Gasteiger partial charge in [-0.2, -0.15) is 13.2 Å². The number of halogens is 3. The van der Waals surface area contributed by atoms with Gasteiger partial charge in [0.2, 0.25) is 5.91 Å². The fraction of sp³-hybridized carbons (Fsp3) is 0.250. The number of benzene rings is 2. The Labute approximate surface area is 250 Å². The first-order chi connectivity index (χ1) is 21.1. The van der Waals surface area contributed by atoms with Crippen LogP contribution in [0.1, 0.15) is 49.0 Å². The fourth-order valence-corrected chi connectivity index (χ4v) is 5.45. The molecule has 9 nitrogen and oxygen atoms in total. The van der Waals surface area contributed by atoms with Gasteiger partial charge in [-0.1, -0.05) is 55.0 Å². The zero-order valence-electron chi connectivity index (χ0n) is 23.9. The minimum Gasteiger partial charge on any atom is -0.324 e. The molecule has 0 saturated heterocycles. The number of fused-ring (bicyclic) bond motifs is 4. The molecule has 2 atom stereocenters. The van der Waals surface area contributed by atoms with Gasteiger partial charge in [0, 0.05) is 29.3 Å². The molecule has 1 aliphatic rings. The Morgan fingerprint density at radius 2 is 1.80 bits per heavy atom. The van der Waals surface area contributed by atoms with Crippen molar-refractivity contribution in [3.8, 4) is 28.2 Å². The molecular formula is C32H28F3N7O2. The summed E-state index contributed by atoms with van der Waals surface area (Å²) in [5, 5.41) is 9.94. The van der Waals surface area contributed by atoms with Crippen molar-refractivity contribution in [3.05, 3.63) is 107 Å². The number of aryl methyl sites for hydroxylation is 1. The summed E-state index contributed by atoms with van der Waals surface area (Å²) in [7, 11) is 0. The molecule has 4 heterocycles. The van der Waals surface area contributed by atoms with Crippen LogP contribution in [-0.2, 0) is 11.0 Å². The van der Waals surface area contributed by atoms with Crippen LogP contribution in [0.2, 0.25) is 0 Å². The molecule has 0 radical (unpaired) electrons. The topological polar surface area (TPSA) is 108 Å². The van der Waals surface area contributed by atoms with E-state index in [4.69, 9.17) is 0 Å². The van der Waals surface area contributed by atoms with Gasteiger partial charge in [0.25, 0.3) is 5.56 Å². The Hall–Kier alpha value is -5.13. The fourth-order valence-electron chi connectivity index (χ4n) is 5.45. The van der Waals surface area contributed by atoms with E-state index in [9.17, 15) is 22.8 Å². The van der Waals surface area contributed by atoms with E-state index in [0.29, 0.717) is 41.9 Å². The van der Waals surface area contributed by atoms with Crippen molar-refractivity contribution in [2.24, 2.45) is 5.92 Å². The maximum Gasteiger partial charge on any atom is 0.436 e. The van der Waals surface area contributed by atoms with Crippen LogP contribution in [0, 0.1) is 12.8 Å². The van der Waals surface area contributed by atoms with Crippen LogP contribution < -0.4 is 10.9 Å². The number of hydrogen-bond acceptors (Lipinski definition) is 6. The maximum atomic E-state index is 13.7. The lowest BCUT2D eigenvalue weighted by molar-refractivity contribution is -0.141. The zero-order chi connectivity index (χ0) is 31.0. The Bertz CT molecular complexity index is 1910. The van der Waals surface area contributed by atoms with E-state index < -0.39 is 11.9 Å². The van der Waals surface area contributed by atoms with E-state index in [1.807, 2.05) is 44.2 Å². The Balaban J connectivity index is 1.41. The van der Waals surface area contributed by atoms with E-state index >= 15 is 0 Å². The number of pyridine rings is 1. The molecule has 0 unspecified atom stereocenters. The molecule has 0 fully saturated rings. The van der Waals surface area contributed by atoms with Crippen LogP contribution in [0.3, 0.4) is 0 Å². The molecule has 224 valence electrons. The van der Waals surface area contributed by atoms with E-state index in [2.05, 4.69) is 25.6 Å². The number of carbonyl (C=O) groups is 1. The molecule has 1 N–H and O–H groups in total. The number of aromatic nitrogens is 6. The highest BCUT2D eigenvalue weighted by Gasteiger charge is 2.34. The molecule has 0 spiro atoms. The molecule has 2 bridgehead atoms. The summed E-state index contributed by atoms with van der Waals surface area (Å²) in [4.78, 5) is 35.9. The third-order valence-corrected chi connectivity index (χ3v) is 7.77. The quantitative estimate of drug-likeness (QED) is 0.264. The van der Waals surface area contributed by atoms with Crippen LogP contribution in [0.5, 0.6) is 0 Å². The molecule has 44 heavy (non-hydrogen) atoms. The van der Waals surface area contributed by atoms with Crippen LogP contribution in [-0.4, -0.2) is 35.4 Å². The Kier molecular flexibility index (Phi) is 7.58. The first kappa shape index (κ1) is 29.0. The van der Waals surface area contributed by atoms with E-state index in [0.717, 1.165) is 27.6 Å².